The van der Waals surface area contributed by atoms with Crippen molar-refractivity contribution in [2.75, 3.05) is 39.5 Å². The summed E-state index contributed by atoms with van der Waals surface area (Å²) in [5.74, 6) is 1.27. The van der Waals surface area contributed by atoms with Gasteiger partial charge in [-0.2, -0.15) is 0 Å². The molecular formula is C21H21NO4. The lowest BCUT2D eigenvalue weighted by molar-refractivity contribution is 0.0322. The van der Waals surface area contributed by atoms with E-state index in [2.05, 4.69) is 4.90 Å². The Hall–Kier alpha value is -2.63. The Morgan fingerprint density at radius 2 is 1.81 bits per heavy atom. The number of morpholine rings is 1. The molecule has 1 aromatic heterocycles. The first-order valence-corrected chi connectivity index (χ1v) is 8.86. The monoisotopic (exact) mass is 351 g/mol. The maximum absolute atomic E-state index is 12.4. The lowest BCUT2D eigenvalue weighted by atomic mass is 10.1. The van der Waals surface area contributed by atoms with Crippen LogP contribution in [0.5, 0.6) is 5.75 Å². The van der Waals surface area contributed by atoms with Crippen LogP contribution in [0.1, 0.15) is 0 Å². The fraction of sp³-hybridized carbons (Fsp3) is 0.286. The molecule has 3 aromatic rings. The van der Waals surface area contributed by atoms with Crippen LogP contribution in [0.15, 0.2) is 63.8 Å². The second-order valence-electron chi connectivity index (χ2n) is 6.30. The first kappa shape index (κ1) is 16.8. The van der Waals surface area contributed by atoms with Gasteiger partial charge < -0.3 is 13.9 Å². The molecule has 1 fully saturated rings. The molecule has 5 heteroatoms. The minimum atomic E-state index is -0.0510. The zero-order chi connectivity index (χ0) is 17.8. The Balaban J connectivity index is 1.52. The minimum Gasteiger partial charge on any atom is -0.492 e. The summed E-state index contributed by atoms with van der Waals surface area (Å²) in [6, 6.07) is 16.5. The van der Waals surface area contributed by atoms with Crippen molar-refractivity contribution in [1.29, 1.82) is 0 Å². The molecule has 1 saturated heterocycles. The number of nitrogens with zero attached hydrogens (tertiary/aromatic N) is 1. The highest BCUT2D eigenvalue weighted by Gasteiger charge is 2.11. The van der Waals surface area contributed by atoms with Crippen LogP contribution < -0.4 is 10.2 Å². The molecule has 0 spiro atoms. The van der Waals surface area contributed by atoms with Gasteiger partial charge in [0.05, 0.1) is 18.6 Å². The van der Waals surface area contributed by atoms with Crippen LogP contribution in [0.2, 0.25) is 0 Å². The van der Waals surface area contributed by atoms with Crippen molar-refractivity contribution in [3.8, 4) is 17.1 Å². The maximum Gasteiger partial charge on any atom is 0.193 e. The summed E-state index contributed by atoms with van der Waals surface area (Å²) in [6.45, 7) is 4.89. The second kappa shape index (κ2) is 7.72. The van der Waals surface area contributed by atoms with Gasteiger partial charge in [0.25, 0.3) is 0 Å². The molecule has 1 aliphatic rings. The highest BCUT2D eigenvalue weighted by molar-refractivity contribution is 5.80. The minimum absolute atomic E-state index is 0.0510. The van der Waals surface area contributed by atoms with Crippen LogP contribution in [-0.4, -0.2) is 44.4 Å². The van der Waals surface area contributed by atoms with Crippen molar-refractivity contribution in [3.05, 3.63) is 64.8 Å². The summed E-state index contributed by atoms with van der Waals surface area (Å²) in [7, 11) is 0. The van der Waals surface area contributed by atoms with Gasteiger partial charge in [-0.1, -0.05) is 30.3 Å². The van der Waals surface area contributed by atoms with Crippen LogP contribution in [-0.2, 0) is 4.74 Å². The van der Waals surface area contributed by atoms with E-state index < -0.39 is 0 Å². The van der Waals surface area contributed by atoms with Gasteiger partial charge in [-0.05, 0) is 12.1 Å². The second-order valence-corrected chi connectivity index (χ2v) is 6.30. The molecular weight excluding hydrogens is 330 g/mol. The van der Waals surface area contributed by atoms with Crippen molar-refractivity contribution >= 4 is 11.0 Å². The Kier molecular flexibility index (Phi) is 5.00. The molecule has 2 aromatic carbocycles. The highest BCUT2D eigenvalue weighted by Crippen LogP contribution is 2.24. The predicted octanol–water partition coefficient (Wildman–Crippen LogP) is 3.17. The largest absolute Gasteiger partial charge is 0.492 e. The van der Waals surface area contributed by atoms with Crippen LogP contribution in [0, 0.1) is 0 Å². The fourth-order valence-electron chi connectivity index (χ4n) is 3.09. The zero-order valence-electron chi connectivity index (χ0n) is 14.5. The topological polar surface area (TPSA) is 51.9 Å². The van der Waals surface area contributed by atoms with E-state index in [-0.39, 0.29) is 5.43 Å². The number of rotatable bonds is 5. The molecule has 5 nitrogen and oxygen atoms in total. The first-order chi connectivity index (χ1) is 12.8. The summed E-state index contributed by atoms with van der Waals surface area (Å²) in [5.41, 5.74) is 1.37. The third-order valence-electron chi connectivity index (χ3n) is 4.54. The lowest BCUT2D eigenvalue weighted by Crippen LogP contribution is -2.38. The van der Waals surface area contributed by atoms with Crippen LogP contribution in [0.3, 0.4) is 0 Å². The molecule has 0 unspecified atom stereocenters. The van der Waals surface area contributed by atoms with Gasteiger partial charge in [-0.25, -0.2) is 0 Å². The van der Waals surface area contributed by atoms with Crippen molar-refractivity contribution in [2.24, 2.45) is 0 Å². The van der Waals surface area contributed by atoms with Crippen LogP contribution in [0.25, 0.3) is 22.3 Å². The number of hydrogen-bond donors (Lipinski definition) is 0. The number of benzene rings is 2. The van der Waals surface area contributed by atoms with E-state index >= 15 is 0 Å². The number of fused-ring (bicyclic) bond motifs is 1. The van der Waals surface area contributed by atoms with Crippen LogP contribution >= 0.6 is 0 Å². The average Bonchev–Trinajstić information content (AvgIpc) is 2.69. The lowest BCUT2D eigenvalue weighted by Gasteiger charge is -2.26. The first-order valence-electron chi connectivity index (χ1n) is 8.86. The molecule has 134 valence electrons. The van der Waals surface area contributed by atoms with Crippen LogP contribution in [0.4, 0.5) is 0 Å². The van der Waals surface area contributed by atoms with E-state index in [9.17, 15) is 4.79 Å². The van der Waals surface area contributed by atoms with E-state index in [1.165, 1.54) is 6.07 Å². The molecule has 26 heavy (non-hydrogen) atoms. The summed E-state index contributed by atoms with van der Waals surface area (Å²) in [6.07, 6.45) is 0. The zero-order valence-corrected chi connectivity index (χ0v) is 14.5. The van der Waals surface area contributed by atoms with Crippen molar-refractivity contribution in [3.63, 3.8) is 0 Å². The Labute approximate surface area is 151 Å². The van der Waals surface area contributed by atoms with Gasteiger partial charge in [0.1, 0.15) is 23.7 Å². The molecule has 0 amide bonds. The van der Waals surface area contributed by atoms with Gasteiger partial charge in [-0.15, -0.1) is 0 Å². The SMILES string of the molecule is O=c1cc(-c2ccccc2)oc2cc(OCCN3CCOCC3)ccc12. The maximum atomic E-state index is 12.4. The molecule has 0 aliphatic carbocycles. The third kappa shape index (κ3) is 3.79. The van der Waals surface area contributed by atoms with Gasteiger partial charge in [0, 0.05) is 37.3 Å². The van der Waals surface area contributed by atoms with Gasteiger partial charge >= 0.3 is 0 Å². The van der Waals surface area contributed by atoms with E-state index in [0.717, 1.165) is 38.4 Å². The number of hydrogen-bond acceptors (Lipinski definition) is 5. The predicted molar refractivity (Wildman–Crippen MR) is 101 cm³/mol. The summed E-state index contributed by atoms with van der Waals surface area (Å²) >= 11 is 0. The molecule has 2 heterocycles. The molecule has 0 N–H and O–H groups in total. The molecule has 4 rings (SSSR count). The molecule has 0 radical (unpaired) electrons. The standard InChI is InChI=1S/C21H21NO4/c23-19-15-20(16-4-2-1-3-5-16)26-21-14-17(6-7-18(19)21)25-13-10-22-8-11-24-12-9-22/h1-7,14-15H,8-13H2. The van der Waals surface area contributed by atoms with Crippen molar-refractivity contribution < 1.29 is 13.9 Å². The molecule has 1 aliphatic heterocycles. The van der Waals surface area contributed by atoms with Crippen molar-refractivity contribution in [1.82, 2.24) is 4.90 Å². The summed E-state index contributed by atoms with van der Waals surface area (Å²) in [5, 5.41) is 0.560. The summed E-state index contributed by atoms with van der Waals surface area (Å²) < 4.78 is 17.2. The molecule has 0 bridgehead atoms. The van der Waals surface area contributed by atoms with E-state index in [0.29, 0.717) is 29.1 Å². The quantitative estimate of drug-likeness (QED) is 0.707. The Morgan fingerprint density at radius 1 is 1.00 bits per heavy atom. The molecule has 0 atom stereocenters. The van der Waals surface area contributed by atoms with E-state index in [1.54, 1.807) is 12.1 Å². The van der Waals surface area contributed by atoms with Gasteiger partial charge in [0.15, 0.2) is 5.43 Å². The smallest absolute Gasteiger partial charge is 0.193 e. The Morgan fingerprint density at radius 3 is 2.62 bits per heavy atom. The molecule has 0 saturated carbocycles. The average molecular weight is 351 g/mol. The van der Waals surface area contributed by atoms with Crippen molar-refractivity contribution in [2.45, 2.75) is 0 Å². The number of ether oxygens (including phenoxy) is 2. The normalized spacial score (nSPS) is 15.2. The van der Waals surface area contributed by atoms with Gasteiger partial charge in [0.2, 0.25) is 0 Å². The van der Waals surface area contributed by atoms with E-state index in [1.807, 2.05) is 36.4 Å². The van der Waals surface area contributed by atoms with Gasteiger partial charge in [-0.3, -0.25) is 9.69 Å². The highest BCUT2D eigenvalue weighted by atomic mass is 16.5. The third-order valence-corrected chi connectivity index (χ3v) is 4.54. The summed E-state index contributed by atoms with van der Waals surface area (Å²) in [4.78, 5) is 14.7. The van der Waals surface area contributed by atoms with E-state index in [4.69, 9.17) is 13.9 Å². The Bertz CT molecular complexity index is 930. The fourth-order valence-corrected chi connectivity index (χ4v) is 3.09.